The molecule has 0 amide bonds. The highest BCUT2D eigenvalue weighted by molar-refractivity contribution is 7.27. The van der Waals surface area contributed by atoms with Crippen molar-refractivity contribution in [3.8, 4) is 16.8 Å². The molecule has 0 radical (unpaired) electrons. The number of aromatic nitrogens is 2. The smallest absolute Gasteiger partial charge is 0.256 e. The van der Waals surface area contributed by atoms with Crippen molar-refractivity contribution in [2.24, 2.45) is 0 Å². The summed E-state index contributed by atoms with van der Waals surface area (Å²) in [5.74, 6) is 0.700. The molecule has 1 unspecified atom stereocenters. The summed E-state index contributed by atoms with van der Waals surface area (Å²) in [6.07, 6.45) is 0. The van der Waals surface area contributed by atoms with Gasteiger partial charge in [0.05, 0.1) is 16.8 Å². The maximum Gasteiger partial charge on any atom is 0.256 e. The first-order chi connectivity index (χ1) is 17.0. The van der Waals surface area contributed by atoms with E-state index in [1.54, 1.807) is 16.7 Å². The van der Waals surface area contributed by atoms with Crippen LogP contribution in [-0.4, -0.2) is 39.1 Å². The van der Waals surface area contributed by atoms with Gasteiger partial charge < -0.3 is 5.32 Å². The Morgan fingerprint density at radius 2 is 1.75 bits per heavy atom. The van der Waals surface area contributed by atoms with Gasteiger partial charge in [0.1, 0.15) is 11.5 Å². The van der Waals surface area contributed by atoms with E-state index in [1.807, 2.05) is 49.4 Å². The molecule has 1 aliphatic rings. The number of aryl methyl sites for hydroxylation is 1. The summed E-state index contributed by atoms with van der Waals surface area (Å²) in [4.78, 5) is 20.6. The normalized spacial score (nSPS) is 14.8. The van der Waals surface area contributed by atoms with Crippen LogP contribution in [0.2, 0.25) is 10.0 Å². The van der Waals surface area contributed by atoms with E-state index in [0.717, 1.165) is 40.5 Å². The molecule has 1 fully saturated rings. The van der Waals surface area contributed by atoms with E-state index in [9.17, 15) is 4.79 Å². The Balaban J connectivity index is 1.73. The number of anilines is 1. The molecule has 5 nitrogen and oxygen atoms in total. The minimum absolute atomic E-state index is 0.121. The first-order valence-corrected chi connectivity index (χ1v) is 13.3. The summed E-state index contributed by atoms with van der Waals surface area (Å²) in [7, 11) is 2.67. The average Bonchev–Trinajstić information content (AvgIpc) is 2.76. The van der Waals surface area contributed by atoms with Gasteiger partial charge in [0.15, 0.2) is 0 Å². The van der Waals surface area contributed by atoms with Crippen LogP contribution in [-0.2, 0) is 0 Å². The lowest BCUT2D eigenvalue weighted by molar-refractivity contribution is 0.0566. The Bertz CT molecular complexity index is 1520. The van der Waals surface area contributed by atoms with E-state index in [-0.39, 0.29) is 17.1 Å². The number of benzene rings is 2. The Labute approximate surface area is 223 Å². The molecular weight excluding hydrogens is 510 g/mol. The quantitative estimate of drug-likeness (QED) is 0.321. The molecular formula is C28H29Cl2N4OP. The van der Waals surface area contributed by atoms with Gasteiger partial charge in [-0.15, -0.1) is 9.24 Å². The Kier molecular flexibility index (Phi) is 6.63. The van der Waals surface area contributed by atoms with Crippen LogP contribution in [0, 0.1) is 6.92 Å². The second-order valence-corrected chi connectivity index (χ2v) is 11.8. The Morgan fingerprint density at radius 1 is 1.00 bits per heavy atom. The molecule has 2 aromatic carbocycles. The van der Waals surface area contributed by atoms with Crippen LogP contribution in [0.3, 0.4) is 0 Å². The third-order valence-corrected chi connectivity index (χ3v) is 7.72. The third-order valence-electron chi connectivity index (χ3n) is 6.74. The van der Waals surface area contributed by atoms with E-state index in [4.69, 9.17) is 28.2 Å². The van der Waals surface area contributed by atoms with E-state index >= 15 is 0 Å². The van der Waals surface area contributed by atoms with Gasteiger partial charge in [-0.1, -0.05) is 47.5 Å². The lowest BCUT2D eigenvalue weighted by Gasteiger charge is -2.48. The molecule has 1 N–H and O–H groups in total. The number of likely N-dealkylation sites (tertiary alicyclic amines) is 1. The number of pyridine rings is 2. The summed E-state index contributed by atoms with van der Waals surface area (Å²) in [6, 6.07) is 17.2. The van der Waals surface area contributed by atoms with Crippen LogP contribution in [0.5, 0.6) is 0 Å². The predicted octanol–water partition coefficient (Wildman–Crippen LogP) is 6.06. The van der Waals surface area contributed by atoms with E-state index in [2.05, 4.69) is 40.2 Å². The number of para-hydroxylation sites is 1. The summed E-state index contributed by atoms with van der Waals surface area (Å²) >= 11 is 13.3. The van der Waals surface area contributed by atoms with Gasteiger partial charge in [-0.05, 0) is 68.4 Å². The first kappa shape index (κ1) is 25.2. The van der Waals surface area contributed by atoms with E-state index in [1.165, 1.54) is 0 Å². The third kappa shape index (κ3) is 4.66. The highest BCUT2D eigenvalue weighted by atomic mass is 35.5. The maximum atomic E-state index is 13.3. The van der Waals surface area contributed by atoms with Gasteiger partial charge in [-0.25, -0.2) is 4.98 Å². The van der Waals surface area contributed by atoms with Crippen molar-refractivity contribution in [2.45, 2.75) is 39.3 Å². The topological polar surface area (TPSA) is 50.2 Å². The van der Waals surface area contributed by atoms with Crippen molar-refractivity contribution in [1.29, 1.82) is 0 Å². The molecule has 0 bridgehead atoms. The minimum atomic E-state index is -0.191. The van der Waals surface area contributed by atoms with Crippen molar-refractivity contribution in [1.82, 2.24) is 14.5 Å². The monoisotopic (exact) mass is 538 g/mol. The van der Waals surface area contributed by atoms with Gasteiger partial charge in [-0.2, -0.15) is 0 Å². The number of fused-ring (bicyclic) bond motifs is 1. The van der Waals surface area contributed by atoms with Gasteiger partial charge in [-0.3, -0.25) is 14.3 Å². The van der Waals surface area contributed by atoms with E-state index < -0.39 is 0 Å². The number of nitrogens with one attached hydrogen (secondary N) is 1. The van der Waals surface area contributed by atoms with Gasteiger partial charge in [0.2, 0.25) is 0 Å². The Hall–Kier alpha value is -2.43. The van der Waals surface area contributed by atoms with Crippen molar-refractivity contribution >= 4 is 54.6 Å². The molecule has 1 saturated heterocycles. The summed E-state index contributed by atoms with van der Waals surface area (Å²) in [6.45, 7) is 10.5. The molecule has 8 heteroatoms. The highest BCUT2D eigenvalue weighted by Crippen LogP contribution is 2.36. The zero-order valence-electron chi connectivity index (χ0n) is 20.8. The maximum absolute atomic E-state index is 13.3. The van der Waals surface area contributed by atoms with Crippen LogP contribution in [0.25, 0.3) is 27.8 Å². The van der Waals surface area contributed by atoms with Crippen molar-refractivity contribution in [3.63, 3.8) is 0 Å². The molecule has 1 aliphatic heterocycles. The largest absolute Gasteiger partial charge is 0.365 e. The summed E-state index contributed by atoms with van der Waals surface area (Å²) < 4.78 is 1.61. The number of halogens is 2. The zero-order valence-corrected chi connectivity index (χ0v) is 23.4. The average molecular weight is 539 g/mol. The van der Waals surface area contributed by atoms with Crippen LogP contribution in [0.1, 0.15) is 26.3 Å². The van der Waals surface area contributed by atoms with Crippen molar-refractivity contribution in [2.75, 3.05) is 18.4 Å². The molecule has 1 atom stereocenters. The second kappa shape index (κ2) is 9.46. The molecule has 4 aromatic rings. The molecule has 0 aliphatic carbocycles. The van der Waals surface area contributed by atoms with E-state index in [0.29, 0.717) is 27.2 Å². The minimum Gasteiger partial charge on any atom is -0.365 e. The Morgan fingerprint density at radius 3 is 2.42 bits per heavy atom. The fourth-order valence-corrected chi connectivity index (χ4v) is 5.67. The number of hydrogen-bond donors (Lipinski definition) is 1. The van der Waals surface area contributed by atoms with Crippen LogP contribution < -0.4 is 16.2 Å². The number of hydrogen-bond acceptors (Lipinski definition) is 4. The molecule has 5 rings (SSSR count). The van der Waals surface area contributed by atoms with Crippen molar-refractivity contribution in [3.05, 3.63) is 80.6 Å². The van der Waals surface area contributed by atoms with Crippen LogP contribution >= 0.6 is 32.4 Å². The lowest BCUT2D eigenvalue weighted by atomic mass is 9.97. The number of rotatable bonds is 4. The van der Waals surface area contributed by atoms with Gasteiger partial charge >= 0.3 is 0 Å². The molecule has 36 heavy (non-hydrogen) atoms. The molecule has 2 aromatic heterocycles. The van der Waals surface area contributed by atoms with Gasteiger partial charge in [0, 0.05) is 40.7 Å². The van der Waals surface area contributed by atoms with Crippen LogP contribution in [0.4, 0.5) is 5.82 Å². The molecule has 0 saturated carbocycles. The lowest BCUT2D eigenvalue weighted by Crippen LogP contribution is -2.61. The first-order valence-electron chi connectivity index (χ1n) is 11.9. The summed E-state index contributed by atoms with van der Waals surface area (Å²) in [5, 5.41) is 6.55. The standard InChI is InChI=1S/C28H29Cl2N4OP/c1-16-6-5-7-22(29)26(16)34-25(35)11-10-20-21(19-9-8-18(36)12-23(19)30)13-24(32-27(20)34)31-17-14-33(15-17)28(2,3)4/h5-13,17H,14-15,36H2,1-4H3,(H,31,32). The molecule has 3 heterocycles. The fourth-order valence-electron chi connectivity index (χ4n) is 4.71. The molecule has 0 spiro atoms. The SMILES string of the molecule is Cc1cccc(Cl)c1-n1c(=O)ccc2c(-c3ccc(P)cc3Cl)cc(NC3CN(C(C)(C)C)C3)nc21. The number of nitrogens with zero attached hydrogens (tertiary/aromatic N) is 3. The highest BCUT2D eigenvalue weighted by Gasteiger charge is 2.34. The zero-order chi connectivity index (χ0) is 25.8. The van der Waals surface area contributed by atoms with Crippen LogP contribution in [0.15, 0.2) is 59.4 Å². The fraction of sp³-hybridized carbons (Fsp3) is 0.286. The van der Waals surface area contributed by atoms with Crippen molar-refractivity contribution < 1.29 is 0 Å². The second-order valence-electron chi connectivity index (χ2n) is 10.4. The molecule has 186 valence electrons. The predicted molar refractivity (Wildman–Crippen MR) is 156 cm³/mol. The summed E-state index contributed by atoms with van der Waals surface area (Å²) in [5.41, 5.74) is 3.78. The van der Waals surface area contributed by atoms with Gasteiger partial charge in [0.25, 0.3) is 5.56 Å².